The molecule has 2 aromatic rings. The molecule has 4 heteroatoms. The van der Waals surface area contributed by atoms with E-state index < -0.39 is 0 Å². The second-order valence-corrected chi connectivity index (χ2v) is 3.62. The monoisotopic (exact) mass is 235 g/mol. The average Bonchev–Trinajstić information content (AvgIpc) is 2.32. The molecule has 0 amide bonds. The molecule has 1 N–H and O–H groups in total. The summed E-state index contributed by atoms with van der Waals surface area (Å²) in [7, 11) is 0. The number of hydrogen-bond acceptors (Lipinski definition) is 3. The van der Waals surface area contributed by atoms with Gasteiger partial charge in [-0.1, -0.05) is 23.7 Å². The first-order chi connectivity index (χ1) is 7.79. The summed E-state index contributed by atoms with van der Waals surface area (Å²) >= 11 is 5.91. The smallest absolute Gasteiger partial charge is 0.149 e. The van der Waals surface area contributed by atoms with Gasteiger partial charge in [-0.05, 0) is 17.7 Å². The van der Waals surface area contributed by atoms with Crippen molar-refractivity contribution < 1.29 is 9.84 Å². The number of benzene rings is 1. The van der Waals surface area contributed by atoms with E-state index in [1.807, 2.05) is 12.1 Å². The van der Waals surface area contributed by atoms with Crippen LogP contribution in [0, 0.1) is 0 Å². The molecule has 0 aliphatic rings. The van der Waals surface area contributed by atoms with Crippen LogP contribution in [0.15, 0.2) is 42.7 Å². The molecule has 0 aliphatic carbocycles. The molecule has 0 spiro atoms. The molecule has 0 radical (unpaired) electrons. The molecule has 1 heterocycles. The molecule has 0 unspecified atom stereocenters. The number of rotatable bonds is 3. The summed E-state index contributed by atoms with van der Waals surface area (Å²) in [5.41, 5.74) is 0.794. The van der Waals surface area contributed by atoms with Gasteiger partial charge in [0, 0.05) is 18.5 Å². The van der Waals surface area contributed by atoms with E-state index in [9.17, 15) is 0 Å². The van der Waals surface area contributed by atoms with Crippen LogP contribution in [0.25, 0.3) is 0 Å². The van der Waals surface area contributed by atoms with Gasteiger partial charge in [0.1, 0.15) is 16.5 Å². The van der Waals surface area contributed by atoms with Crippen molar-refractivity contribution in [1.82, 2.24) is 4.98 Å². The van der Waals surface area contributed by atoms with Crippen LogP contribution in [0.3, 0.4) is 0 Å². The van der Waals surface area contributed by atoms with E-state index in [2.05, 4.69) is 4.98 Å². The van der Waals surface area contributed by atoms with Gasteiger partial charge >= 0.3 is 0 Å². The zero-order chi connectivity index (χ0) is 11.4. The lowest BCUT2D eigenvalue weighted by molar-refractivity contribution is 0.281. The maximum atomic E-state index is 8.99. The fourth-order valence-corrected chi connectivity index (χ4v) is 1.44. The van der Waals surface area contributed by atoms with Gasteiger partial charge in [-0.2, -0.15) is 0 Å². The highest BCUT2D eigenvalue weighted by Gasteiger charge is 2.02. The Morgan fingerprint density at radius 2 is 2.19 bits per heavy atom. The third-order valence-corrected chi connectivity index (χ3v) is 2.33. The Morgan fingerprint density at radius 1 is 1.31 bits per heavy atom. The number of halogens is 1. The molecule has 0 saturated heterocycles. The van der Waals surface area contributed by atoms with Crippen LogP contribution in [0.2, 0.25) is 5.02 Å². The molecule has 82 valence electrons. The summed E-state index contributed by atoms with van der Waals surface area (Å²) < 4.78 is 5.57. The highest BCUT2D eigenvalue weighted by Crippen LogP contribution is 2.28. The summed E-state index contributed by atoms with van der Waals surface area (Å²) in [6.07, 6.45) is 3.13. The van der Waals surface area contributed by atoms with Gasteiger partial charge in [-0.3, -0.25) is 4.98 Å². The summed E-state index contributed by atoms with van der Waals surface area (Å²) in [5.74, 6) is 1.19. The van der Waals surface area contributed by atoms with Gasteiger partial charge in [0.05, 0.1) is 6.61 Å². The van der Waals surface area contributed by atoms with E-state index in [1.165, 1.54) is 6.20 Å². The molecule has 3 nitrogen and oxygen atoms in total. The number of aromatic nitrogens is 1. The molecule has 2 rings (SSSR count). The minimum atomic E-state index is -0.0126. The average molecular weight is 236 g/mol. The van der Waals surface area contributed by atoms with Crippen LogP contribution < -0.4 is 4.74 Å². The van der Waals surface area contributed by atoms with Crippen molar-refractivity contribution in [2.75, 3.05) is 0 Å². The van der Waals surface area contributed by atoms with Crippen LogP contribution in [-0.2, 0) is 6.61 Å². The molecule has 0 bridgehead atoms. The van der Waals surface area contributed by atoms with E-state index in [0.717, 1.165) is 5.56 Å². The Hall–Kier alpha value is -1.58. The topological polar surface area (TPSA) is 42.4 Å². The van der Waals surface area contributed by atoms with E-state index in [-0.39, 0.29) is 6.61 Å². The lowest BCUT2D eigenvalue weighted by atomic mass is 10.2. The van der Waals surface area contributed by atoms with Crippen molar-refractivity contribution in [3.05, 3.63) is 53.3 Å². The van der Waals surface area contributed by atoms with Gasteiger partial charge in [0.2, 0.25) is 0 Å². The van der Waals surface area contributed by atoms with Gasteiger partial charge < -0.3 is 9.84 Å². The minimum Gasteiger partial charge on any atom is -0.456 e. The summed E-state index contributed by atoms with van der Waals surface area (Å²) in [6.45, 7) is -0.0126. The van der Waals surface area contributed by atoms with Crippen LogP contribution in [0.1, 0.15) is 5.56 Å². The number of ether oxygens (including phenoxy) is 1. The van der Waals surface area contributed by atoms with Crippen LogP contribution in [-0.4, -0.2) is 10.1 Å². The zero-order valence-corrected chi connectivity index (χ0v) is 9.19. The molecule has 1 aromatic heterocycles. The molecular formula is C12H10ClNO2. The number of nitrogens with zero attached hydrogens (tertiary/aromatic N) is 1. The Labute approximate surface area is 98.3 Å². The summed E-state index contributed by atoms with van der Waals surface area (Å²) in [4.78, 5) is 3.87. The standard InChI is InChI=1S/C12H10ClNO2/c13-11-7-14-5-4-12(11)16-10-3-1-2-9(6-10)8-15/h1-7,15H,8H2. The van der Waals surface area contributed by atoms with E-state index in [1.54, 1.807) is 24.4 Å². The zero-order valence-electron chi connectivity index (χ0n) is 8.43. The predicted octanol–water partition coefficient (Wildman–Crippen LogP) is 3.02. The number of aliphatic hydroxyl groups is 1. The Kier molecular flexibility index (Phi) is 3.39. The van der Waals surface area contributed by atoms with E-state index >= 15 is 0 Å². The number of aliphatic hydroxyl groups excluding tert-OH is 1. The first-order valence-electron chi connectivity index (χ1n) is 4.77. The number of hydrogen-bond donors (Lipinski definition) is 1. The fourth-order valence-electron chi connectivity index (χ4n) is 1.28. The van der Waals surface area contributed by atoms with Gasteiger partial charge in [0.25, 0.3) is 0 Å². The van der Waals surface area contributed by atoms with Gasteiger partial charge in [-0.15, -0.1) is 0 Å². The van der Waals surface area contributed by atoms with Crippen molar-refractivity contribution in [2.45, 2.75) is 6.61 Å². The molecule has 1 aromatic carbocycles. The quantitative estimate of drug-likeness (QED) is 0.889. The SMILES string of the molecule is OCc1cccc(Oc2ccncc2Cl)c1. The molecule has 0 atom stereocenters. The Bertz CT molecular complexity index is 488. The highest BCUT2D eigenvalue weighted by atomic mass is 35.5. The highest BCUT2D eigenvalue weighted by molar-refractivity contribution is 6.31. The van der Waals surface area contributed by atoms with Crippen LogP contribution in [0.5, 0.6) is 11.5 Å². The molecule has 0 aliphatic heterocycles. The van der Waals surface area contributed by atoms with Crippen molar-refractivity contribution in [3.8, 4) is 11.5 Å². The fraction of sp³-hybridized carbons (Fsp3) is 0.0833. The molecular weight excluding hydrogens is 226 g/mol. The van der Waals surface area contributed by atoms with Crippen molar-refractivity contribution in [2.24, 2.45) is 0 Å². The van der Waals surface area contributed by atoms with Crippen molar-refractivity contribution >= 4 is 11.6 Å². The van der Waals surface area contributed by atoms with Crippen LogP contribution in [0.4, 0.5) is 0 Å². The van der Waals surface area contributed by atoms with E-state index in [4.69, 9.17) is 21.4 Å². The lowest BCUT2D eigenvalue weighted by Crippen LogP contribution is -1.88. The first-order valence-corrected chi connectivity index (χ1v) is 5.14. The maximum Gasteiger partial charge on any atom is 0.149 e. The molecule has 0 fully saturated rings. The third-order valence-electron chi connectivity index (χ3n) is 2.04. The predicted molar refractivity (Wildman–Crippen MR) is 61.7 cm³/mol. The maximum absolute atomic E-state index is 8.99. The normalized spacial score (nSPS) is 10.1. The second kappa shape index (κ2) is 4.96. The van der Waals surface area contributed by atoms with Crippen LogP contribution >= 0.6 is 11.6 Å². The van der Waals surface area contributed by atoms with Gasteiger partial charge in [0.15, 0.2) is 0 Å². The van der Waals surface area contributed by atoms with Gasteiger partial charge in [-0.25, -0.2) is 0 Å². The summed E-state index contributed by atoms with van der Waals surface area (Å²) in [6, 6.07) is 8.89. The largest absolute Gasteiger partial charge is 0.456 e. The minimum absolute atomic E-state index is 0.0126. The number of pyridine rings is 1. The van der Waals surface area contributed by atoms with Crippen molar-refractivity contribution in [3.63, 3.8) is 0 Å². The summed E-state index contributed by atoms with van der Waals surface area (Å²) in [5, 5.41) is 9.45. The Morgan fingerprint density at radius 3 is 2.94 bits per heavy atom. The molecule has 0 saturated carbocycles. The first kappa shape index (κ1) is 10.9. The third kappa shape index (κ3) is 2.51. The second-order valence-electron chi connectivity index (χ2n) is 3.21. The van der Waals surface area contributed by atoms with Crippen molar-refractivity contribution in [1.29, 1.82) is 0 Å². The lowest BCUT2D eigenvalue weighted by Gasteiger charge is -2.07. The van der Waals surface area contributed by atoms with E-state index in [0.29, 0.717) is 16.5 Å². The Balaban J connectivity index is 2.24. The molecule has 16 heavy (non-hydrogen) atoms.